The van der Waals surface area contributed by atoms with Gasteiger partial charge in [-0.25, -0.2) is 0 Å². The van der Waals surface area contributed by atoms with E-state index in [4.69, 9.17) is 14.2 Å². The average molecular weight is 675 g/mol. The second-order valence-corrected chi connectivity index (χ2v) is 13.7. The minimum Gasteiger partial charge on any atom is -0.483 e. The number of para-hydroxylation sites is 3. The molecule has 6 heteroatoms. The molecule has 3 aliphatic heterocycles. The van der Waals surface area contributed by atoms with Crippen LogP contribution in [0.25, 0.3) is 0 Å². The molecule has 0 aliphatic carbocycles. The van der Waals surface area contributed by atoms with Crippen molar-refractivity contribution < 1.29 is 29.5 Å². The molecule has 6 aromatic carbocycles. The highest BCUT2D eigenvalue weighted by atomic mass is 16.5. The molecule has 6 aromatic rings. The maximum Gasteiger partial charge on any atom is 0.150 e. The molecule has 6 nitrogen and oxygen atoms in total. The summed E-state index contributed by atoms with van der Waals surface area (Å²) < 4.78 is 20.1. The topological polar surface area (TPSA) is 88.4 Å². The van der Waals surface area contributed by atoms with E-state index in [0.717, 1.165) is 44.5 Å². The molecule has 51 heavy (non-hydrogen) atoms. The molecule has 254 valence electrons. The van der Waals surface area contributed by atoms with Gasteiger partial charge in [0, 0.05) is 40.5 Å². The number of fused-ring (bicyclic) bond motifs is 3. The van der Waals surface area contributed by atoms with Gasteiger partial charge in [-0.05, 0) is 28.3 Å². The van der Waals surface area contributed by atoms with Gasteiger partial charge in [-0.3, -0.25) is 0 Å². The summed E-state index contributed by atoms with van der Waals surface area (Å²) in [6.45, 7) is 0. The molecular formula is C45H38O6. The molecule has 3 N–H and O–H groups in total. The molecule has 3 aliphatic rings. The Hall–Kier alpha value is -5.40. The molecule has 0 radical (unpaired) electrons. The highest BCUT2D eigenvalue weighted by Crippen LogP contribution is 2.55. The lowest BCUT2D eigenvalue weighted by Gasteiger charge is -2.42. The van der Waals surface area contributed by atoms with Crippen molar-refractivity contribution in [2.24, 2.45) is 0 Å². The zero-order valence-electron chi connectivity index (χ0n) is 27.8. The summed E-state index contributed by atoms with van der Waals surface area (Å²) >= 11 is 0. The highest BCUT2D eigenvalue weighted by molar-refractivity contribution is 5.59. The van der Waals surface area contributed by atoms with Crippen LogP contribution in [0.2, 0.25) is 0 Å². The summed E-state index contributed by atoms with van der Waals surface area (Å²) in [7, 11) is 0. The molecule has 9 rings (SSSR count). The minimum absolute atomic E-state index is 0.420. The van der Waals surface area contributed by atoms with Crippen LogP contribution in [0.4, 0.5) is 0 Å². The van der Waals surface area contributed by atoms with Gasteiger partial charge in [0.15, 0.2) is 12.2 Å². The Bertz CT molecular complexity index is 2150. The van der Waals surface area contributed by atoms with Gasteiger partial charge in [-0.2, -0.15) is 0 Å². The largest absolute Gasteiger partial charge is 0.483 e. The standard InChI is InChI=1S/C45H38O6/c46-35-26-30-20-12-22-32(41(30)50-42(35)27-14-4-1-5-15-27)38-34-24-13-23-33(45(34)51-44(40(38)48)29-18-8-3-9-19-29)37-31-21-10-11-25-36(31)49-43(39(37)47)28-16-6-2-7-17-28/h1-25,35,37-40,42-44,46-48H,26H2. The van der Waals surface area contributed by atoms with Gasteiger partial charge in [0.1, 0.15) is 35.6 Å². The van der Waals surface area contributed by atoms with E-state index in [1.54, 1.807) is 0 Å². The lowest BCUT2D eigenvalue weighted by molar-refractivity contribution is -0.00357. The predicted octanol–water partition coefficient (Wildman–Crippen LogP) is 7.98. The van der Waals surface area contributed by atoms with E-state index in [2.05, 4.69) is 0 Å². The molecule has 0 fully saturated rings. The van der Waals surface area contributed by atoms with Gasteiger partial charge in [-0.1, -0.05) is 146 Å². The Labute approximate surface area is 297 Å². The van der Waals surface area contributed by atoms with Crippen LogP contribution in [0.1, 0.15) is 74.7 Å². The maximum absolute atomic E-state index is 12.4. The molecule has 0 bridgehead atoms. The number of rotatable bonds is 5. The van der Waals surface area contributed by atoms with E-state index in [0.29, 0.717) is 23.7 Å². The first-order valence-electron chi connectivity index (χ1n) is 17.6. The van der Waals surface area contributed by atoms with Gasteiger partial charge >= 0.3 is 0 Å². The molecular weight excluding hydrogens is 636 g/mol. The van der Waals surface area contributed by atoms with Crippen LogP contribution < -0.4 is 14.2 Å². The third-order valence-electron chi connectivity index (χ3n) is 10.7. The number of aliphatic hydroxyl groups excluding tert-OH is 3. The molecule has 0 aromatic heterocycles. The van der Waals surface area contributed by atoms with Gasteiger partial charge < -0.3 is 29.5 Å². The normalized spacial score (nSPS) is 26.3. The first kappa shape index (κ1) is 31.6. The molecule has 0 spiro atoms. The second-order valence-electron chi connectivity index (χ2n) is 13.7. The zero-order chi connectivity index (χ0) is 34.5. The van der Waals surface area contributed by atoms with Crippen LogP contribution in [0.3, 0.4) is 0 Å². The van der Waals surface area contributed by atoms with Crippen LogP contribution in [0, 0.1) is 0 Å². The van der Waals surface area contributed by atoms with E-state index < -0.39 is 48.5 Å². The van der Waals surface area contributed by atoms with E-state index in [-0.39, 0.29) is 0 Å². The van der Waals surface area contributed by atoms with Crippen molar-refractivity contribution in [2.75, 3.05) is 0 Å². The molecule has 8 unspecified atom stereocenters. The second kappa shape index (κ2) is 13.1. The first-order chi connectivity index (χ1) is 25.1. The molecule has 0 saturated carbocycles. The number of benzene rings is 6. The Morgan fingerprint density at radius 1 is 0.392 bits per heavy atom. The monoisotopic (exact) mass is 674 g/mol. The van der Waals surface area contributed by atoms with Crippen LogP contribution in [-0.2, 0) is 6.42 Å². The fourth-order valence-electron chi connectivity index (χ4n) is 8.31. The van der Waals surface area contributed by atoms with E-state index >= 15 is 0 Å². The number of hydrogen-bond donors (Lipinski definition) is 3. The van der Waals surface area contributed by atoms with Crippen LogP contribution in [0.5, 0.6) is 17.2 Å². The molecule has 0 amide bonds. The van der Waals surface area contributed by atoms with E-state index in [1.165, 1.54) is 0 Å². The van der Waals surface area contributed by atoms with Crippen molar-refractivity contribution in [1.29, 1.82) is 0 Å². The first-order valence-corrected chi connectivity index (χ1v) is 17.6. The lowest BCUT2D eigenvalue weighted by atomic mass is 9.74. The lowest BCUT2D eigenvalue weighted by Crippen LogP contribution is -2.38. The fourth-order valence-corrected chi connectivity index (χ4v) is 8.31. The zero-order valence-corrected chi connectivity index (χ0v) is 27.8. The number of aliphatic hydroxyl groups is 3. The summed E-state index contributed by atoms with van der Waals surface area (Å²) in [4.78, 5) is 0. The summed E-state index contributed by atoms with van der Waals surface area (Å²) in [6.07, 6.45) is -4.09. The fraction of sp³-hybridized carbons (Fsp3) is 0.200. The Morgan fingerprint density at radius 2 is 0.824 bits per heavy atom. The van der Waals surface area contributed by atoms with Crippen LogP contribution in [-0.4, -0.2) is 33.6 Å². The third kappa shape index (κ3) is 5.47. The summed E-state index contributed by atoms with van der Waals surface area (Å²) in [5.41, 5.74) is 6.82. The van der Waals surface area contributed by atoms with Gasteiger partial charge in [-0.15, -0.1) is 0 Å². The maximum atomic E-state index is 12.4. The Kier molecular flexibility index (Phi) is 8.08. The quantitative estimate of drug-likeness (QED) is 0.172. The van der Waals surface area contributed by atoms with Crippen molar-refractivity contribution in [3.63, 3.8) is 0 Å². The Balaban J connectivity index is 1.22. The minimum atomic E-state index is -0.976. The smallest absolute Gasteiger partial charge is 0.150 e. The predicted molar refractivity (Wildman–Crippen MR) is 194 cm³/mol. The van der Waals surface area contributed by atoms with Crippen molar-refractivity contribution in [3.8, 4) is 17.2 Å². The van der Waals surface area contributed by atoms with E-state index in [1.807, 2.05) is 152 Å². The van der Waals surface area contributed by atoms with Crippen molar-refractivity contribution in [2.45, 2.75) is 54.9 Å². The van der Waals surface area contributed by atoms with Crippen molar-refractivity contribution in [3.05, 3.63) is 196 Å². The van der Waals surface area contributed by atoms with Crippen LogP contribution in [0.15, 0.2) is 152 Å². The highest BCUT2D eigenvalue weighted by Gasteiger charge is 2.46. The number of ether oxygens (including phenoxy) is 3. The Morgan fingerprint density at radius 3 is 1.43 bits per heavy atom. The van der Waals surface area contributed by atoms with Gasteiger partial charge in [0.05, 0.1) is 6.10 Å². The summed E-state index contributed by atoms with van der Waals surface area (Å²) in [5, 5.41) is 35.9. The number of hydrogen-bond acceptors (Lipinski definition) is 6. The summed E-state index contributed by atoms with van der Waals surface area (Å²) in [6, 6.07) is 49.2. The van der Waals surface area contributed by atoms with Crippen LogP contribution >= 0.6 is 0 Å². The third-order valence-corrected chi connectivity index (χ3v) is 10.7. The van der Waals surface area contributed by atoms with E-state index in [9.17, 15) is 15.3 Å². The van der Waals surface area contributed by atoms with Crippen molar-refractivity contribution >= 4 is 0 Å². The molecule has 0 saturated heterocycles. The SMILES string of the molecule is OC1Cc2cccc(C3c4cccc(C5c6ccccc6OC(c6ccccc6)C5O)c4OC(c4ccccc4)C3O)c2OC1c1ccccc1. The van der Waals surface area contributed by atoms with Crippen molar-refractivity contribution in [1.82, 2.24) is 0 Å². The molecule has 8 atom stereocenters. The average Bonchev–Trinajstić information content (AvgIpc) is 3.18. The van der Waals surface area contributed by atoms with Gasteiger partial charge in [0.2, 0.25) is 0 Å². The van der Waals surface area contributed by atoms with Gasteiger partial charge in [0.25, 0.3) is 0 Å². The summed E-state index contributed by atoms with van der Waals surface area (Å²) in [5.74, 6) is 0.981. The molecule has 3 heterocycles.